The van der Waals surface area contributed by atoms with Crippen LogP contribution < -0.4 is 11.1 Å². The summed E-state index contributed by atoms with van der Waals surface area (Å²) in [5.74, 6) is -0.350. The molecule has 1 heterocycles. The highest BCUT2D eigenvalue weighted by Crippen LogP contribution is 2.14. The summed E-state index contributed by atoms with van der Waals surface area (Å²) in [6.45, 7) is 4.23. The van der Waals surface area contributed by atoms with Crippen molar-refractivity contribution in [3.8, 4) is 0 Å². The second-order valence-electron chi connectivity index (χ2n) is 5.98. The van der Waals surface area contributed by atoms with Crippen LogP contribution in [0, 0.1) is 0 Å². The third-order valence-corrected chi connectivity index (χ3v) is 4.14. The largest absolute Gasteiger partial charge is 0.466 e. The molecule has 8 heteroatoms. The summed E-state index contributed by atoms with van der Waals surface area (Å²) < 4.78 is 4.81. The maximum Gasteiger partial charge on any atom is 0.317 e. The molecule has 1 unspecified atom stereocenters. The highest BCUT2D eigenvalue weighted by molar-refractivity contribution is 5.96. The number of rotatable bonds is 5. The molecule has 0 aromatic rings. The van der Waals surface area contributed by atoms with E-state index in [2.05, 4.69) is 5.32 Å². The number of ether oxygens (including phenoxy) is 1. The molecular formula is C17H26N4O4. The second kappa shape index (κ2) is 9.22. The first-order chi connectivity index (χ1) is 12.0. The lowest BCUT2D eigenvalue weighted by Crippen LogP contribution is -2.53. The smallest absolute Gasteiger partial charge is 0.317 e. The molecule has 8 nitrogen and oxygen atoms in total. The molecule has 0 bridgehead atoms. The second-order valence-corrected chi connectivity index (χ2v) is 5.98. The molecule has 1 fully saturated rings. The highest BCUT2D eigenvalue weighted by atomic mass is 16.5. The molecule has 2 aliphatic rings. The van der Waals surface area contributed by atoms with Crippen molar-refractivity contribution in [2.45, 2.75) is 25.8 Å². The van der Waals surface area contributed by atoms with E-state index >= 15 is 0 Å². The van der Waals surface area contributed by atoms with E-state index in [4.69, 9.17) is 10.5 Å². The number of urea groups is 1. The van der Waals surface area contributed by atoms with Crippen LogP contribution in [-0.4, -0.2) is 73.1 Å². The van der Waals surface area contributed by atoms with Crippen LogP contribution in [0.25, 0.3) is 0 Å². The zero-order valence-corrected chi connectivity index (χ0v) is 14.6. The maximum absolute atomic E-state index is 12.4. The van der Waals surface area contributed by atoms with Crippen molar-refractivity contribution < 1.29 is 19.1 Å². The minimum Gasteiger partial charge on any atom is -0.466 e. The Hall–Kier alpha value is -2.35. The summed E-state index contributed by atoms with van der Waals surface area (Å²) in [6.07, 6.45) is 6.29. The average molecular weight is 350 g/mol. The van der Waals surface area contributed by atoms with Gasteiger partial charge in [0, 0.05) is 44.3 Å². The number of hydrogen-bond acceptors (Lipinski definition) is 5. The van der Waals surface area contributed by atoms with Gasteiger partial charge in [-0.3, -0.25) is 9.59 Å². The van der Waals surface area contributed by atoms with E-state index in [1.165, 1.54) is 0 Å². The quantitative estimate of drug-likeness (QED) is 0.680. The van der Waals surface area contributed by atoms with Gasteiger partial charge in [-0.15, -0.1) is 0 Å². The molecule has 0 saturated carbocycles. The summed E-state index contributed by atoms with van der Waals surface area (Å²) >= 11 is 0. The Morgan fingerprint density at radius 3 is 2.52 bits per heavy atom. The Bertz CT molecular complexity index is 565. The van der Waals surface area contributed by atoms with Crippen LogP contribution >= 0.6 is 0 Å². The minimum absolute atomic E-state index is 0.0216. The highest BCUT2D eigenvalue weighted by Gasteiger charge is 2.25. The Kier molecular flexibility index (Phi) is 7.00. The van der Waals surface area contributed by atoms with E-state index in [-0.39, 0.29) is 36.9 Å². The van der Waals surface area contributed by atoms with E-state index in [0.29, 0.717) is 44.8 Å². The molecule has 25 heavy (non-hydrogen) atoms. The average Bonchev–Trinajstić information content (AvgIpc) is 2.62. The van der Waals surface area contributed by atoms with Gasteiger partial charge in [0.2, 0.25) is 0 Å². The molecule has 138 valence electrons. The van der Waals surface area contributed by atoms with Gasteiger partial charge in [0.25, 0.3) is 5.91 Å². The molecule has 0 radical (unpaired) electrons. The number of amides is 3. The van der Waals surface area contributed by atoms with Crippen molar-refractivity contribution >= 4 is 17.9 Å². The Morgan fingerprint density at radius 1 is 1.24 bits per heavy atom. The molecule has 1 atom stereocenters. The van der Waals surface area contributed by atoms with E-state index in [9.17, 15) is 14.4 Å². The van der Waals surface area contributed by atoms with Crippen LogP contribution in [0.2, 0.25) is 0 Å². The van der Waals surface area contributed by atoms with Crippen LogP contribution in [0.4, 0.5) is 4.79 Å². The summed E-state index contributed by atoms with van der Waals surface area (Å²) in [5.41, 5.74) is 6.43. The fourth-order valence-corrected chi connectivity index (χ4v) is 2.71. The van der Waals surface area contributed by atoms with Crippen molar-refractivity contribution in [2.24, 2.45) is 5.73 Å². The molecule has 1 saturated heterocycles. The SMILES string of the molecule is CCOC(=O)CCNC(=O)N1CCN(C(=O)C2=CCC(N)C=C2)CC1. The molecule has 1 aliphatic carbocycles. The van der Waals surface area contributed by atoms with Crippen molar-refractivity contribution in [3.05, 3.63) is 23.8 Å². The van der Waals surface area contributed by atoms with Gasteiger partial charge in [0.05, 0.1) is 13.0 Å². The third kappa shape index (κ3) is 5.60. The van der Waals surface area contributed by atoms with E-state index in [0.717, 1.165) is 0 Å². The van der Waals surface area contributed by atoms with Gasteiger partial charge < -0.3 is 25.6 Å². The van der Waals surface area contributed by atoms with Gasteiger partial charge in [-0.25, -0.2) is 4.79 Å². The molecule has 1 aliphatic heterocycles. The first kappa shape index (κ1) is 19.0. The predicted molar refractivity (Wildman–Crippen MR) is 92.6 cm³/mol. The molecule has 3 N–H and O–H groups in total. The number of esters is 1. The van der Waals surface area contributed by atoms with Gasteiger partial charge in [-0.1, -0.05) is 18.2 Å². The zero-order valence-electron chi connectivity index (χ0n) is 14.6. The molecule has 2 rings (SSSR count). The minimum atomic E-state index is -0.327. The molecular weight excluding hydrogens is 324 g/mol. The first-order valence-corrected chi connectivity index (χ1v) is 8.63. The summed E-state index contributed by atoms with van der Waals surface area (Å²) in [7, 11) is 0. The number of hydrogen-bond donors (Lipinski definition) is 2. The van der Waals surface area contributed by atoms with E-state index in [1.54, 1.807) is 22.8 Å². The van der Waals surface area contributed by atoms with Gasteiger partial charge in [-0.05, 0) is 13.3 Å². The summed E-state index contributed by atoms with van der Waals surface area (Å²) in [6, 6.07) is -0.245. The number of nitrogens with two attached hydrogens (primary N) is 1. The molecule has 0 aromatic carbocycles. The number of nitrogens with zero attached hydrogens (tertiary/aromatic N) is 2. The standard InChI is InChI=1S/C17H26N4O4/c1-2-25-15(22)7-8-19-17(24)21-11-9-20(10-12-21)16(23)13-3-5-14(18)6-4-13/h3-5,14H,2,6-12,18H2,1H3,(H,19,24). The first-order valence-electron chi connectivity index (χ1n) is 8.63. The Labute approximate surface area is 147 Å². The lowest BCUT2D eigenvalue weighted by Gasteiger charge is -2.35. The maximum atomic E-state index is 12.4. The van der Waals surface area contributed by atoms with Gasteiger partial charge in [0.15, 0.2) is 0 Å². The van der Waals surface area contributed by atoms with Crippen LogP contribution in [0.3, 0.4) is 0 Å². The molecule has 0 spiro atoms. The summed E-state index contributed by atoms with van der Waals surface area (Å²) in [4.78, 5) is 39.1. The Balaban J connectivity index is 1.72. The fourth-order valence-electron chi connectivity index (χ4n) is 2.71. The van der Waals surface area contributed by atoms with Crippen molar-refractivity contribution in [1.82, 2.24) is 15.1 Å². The lowest BCUT2D eigenvalue weighted by atomic mass is 10.0. The number of piperazine rings is 1. The van der Waals surface area contributed by atoms with Crippen LogP contribution in [-0.2, 0) is 14.3 Å². The zero-order chi connectivity index (χ0) is 18.2. The van der Waals surface area contributed by atoms with Gasteiger partial charge >= 0.3 is 12.0 Å². The van der Waals surface area contributed by atoms with Crippen molar-refractivity contribution in [2.75, 3.05) is 39.3 Å². The van der Waals surface area contributed by atoms with Crippen LogP contribution in [0.15, 0.2) is 23.8 Å². The predicted octanol–water partition coefficient (Wildman–Crippen LogP) is 0.00700. The summed E-state index contributed by atoms with van der Waals surface area (Å²) in [5, 5.41) is 2.70. The van der Waals surface area contributed by atoms with Crippen molar-refractivity contribution in [1.29, 1.82) is 0 Å². The van der Waals surface area contributed by atoms with E-state index < -0.39 is 0 Å². The van der Waals surface area contributed by atoms with E-state index in [1.807, 2.05) is 12.2 Å². The number of carbonyl (C=O) groups is 3. The fraction of sp³-hybridized carbons (Fsp3) is 0.588. The molecule has 3 amide bonds. The van der Waals surface area contributed by atoms with Crippen LogP contribution in [0.5, 0.6) is 0 Å². The third-order valence-electron chi connectivity index (χ3n) is 4.14. The van der Waals surface area contributed by atoms with Crippen LogP contribution in [0.1, 0.15) is 19.8 Å². The van der Waals surface area contributed by atoms with Crippen molar-refractivity contribution in [3.63, 3.8) is 0 Å². The normalized spacial score (nSPS) is 20.1. The lowest BCUT2D eigenvalue weighted by molar-refractivity contribution is -0.142. The monoisotopic (exact) mass is 350 g/mol. The number of carbonyl (C=O) groups excluding carboxylic acids is 3. The topological polar surface area (TPSA) is 105 Å². The van der Waals surface area contributed by atoms with Gasteiger partial charge in [-0.2, -0.15) is 0 Å². The number of nitrogens with one attached hydrogen (secondary N) is 1. The Morgan fingerprint density at radius 2 is 1.92 bits per heavy atom. The van der Waals surface area contributed by atoms with Gasteiger partial charge in [0.1, 0.15) is 0 Å². The molecule has 0 aromatic heterocycles.